The summed E-state index contributed by atoms with van der Waals surface area (Å²) in [5, 5.41) is 0. The van der Waals surface area contributed by atoms with Gasteiger partial charge in [-0.25, -0.2) is 0 Å². The Morgan fingerprint density at radius 2 is 1.44 bits per heavy atom. The van der Waals surface area contributed by atoms with Crippen molar-refractivity contribution in [1.29, 1.82) is 0 Å². The lowest BCUT2D eigenvalue weighted by atomic mass is 9.88. The fraction of sp³-hybridized carbons (Fsp3) is 0.0714. The number of hydrogen-bond donors (Lipinski definition) is 0. The van der Waals surface area contributed by atoms with Gasteiger partial charge in [-0.2, -0.15) is 0 Å². The van der Waals surface area contributed by atoms with E-state index >= 15 is 0 Å². The van der Waals surface area contributed by atoms with Gasteiger partial charge in [0.15, 0.2) is 0 Å². The smallest absolute Gasteiger partial charge is 0.0352 e. The molecule has 0 fully saturated rings. The normalized spacial score (nSPS) is 12.2. The lowest BCUT2D eigenvalue weighted by Crippen LogP contribution is -1.94. The van der Waals surface area contributed by atoms with E-state index in [1.807, 2.05) is 49.7 Å². The summed E-state index contributed by atoms with van der Waals surface area (Å²) in [5.74, 6) is 2.86. The molecule has 3 nitrogen and oxygen atoms in total. The summed E-state index contributed by atoms with van der Waals surface area (Å²) in [6, 6.07) is 25.3. The number of terminal acetylenes is 1. The molecule has 0 radical (unpaired) electrons. The average molecular weight is 582 g/mol. The van der Waals surface area contributed by atoms with Crippen LogP contribution in [0.15, 0.2) is 164 Å². The second-order valence-electron chi connectivity index (χ2n) is 10.5. The Kier molecular flexibility index (Phi) is 10.2. The lowest BCUT2D eigenvalue weighted by Gasteiger charge is -2.16. The van der Waals surface area contributed by atoms with Crippen LogP contribution in [0.3, 0.4) is 0 Å². The molecule has 0 atom stereocenters. The van der Waals surface area contributed by atoms with Gasteiger partial charge in [0, 0.05) is 59.4 Å². The van der Waals surface area contributed by atoms with Crippen LogP contribution >= 0.6 is 0 Å². The number of allylic oxidation sites excluding steroid dienone is 9. The summed E-state index contributed by atoms with van der Waals surface area (Å²) in [7, 11) is 0. The second kappa shape index (κ2) is 15.0. The van der Waals surface area contributed by atoms with Crippen LogP contribution in [0.2, 0.25) is 0 Å². The van der Waals surface area contributed by atoms with E-state index in [4.69, 9.17) is 6.42 Å². The molecule has 45 heavy (non-hydrogen) atoms. The minimum absolute atomic E-state index is 0.723. The third-order valence-electron chi connectivity index (χ3n) is 7.65. The lowest BCUT2D eigenvalue weighted by molar-refractivity contribution is 1.24. The summed E-state index contributed by atoms with van der Waals surface area (Å²) in [6.07, 6.45) is 29.8. The molecule has 2 aromatic carbocycles. The second-order valence-corrected chi connectivity index (χ2v) is 10.5. The van der Waals surface area contributed by atoms with Gasteiger partial charge in [0.05, 0.1) is 0 Å². The van der Waals surface area contributed by atoms with Crippen molar-refractivity contribution in [3.8, 4) is 45.7 Å². The summed E-state index contributed by atoms with van der Waals surface area (Å²) in [6.45, 7) is 8.06. The number of aromatic nitrogens is 3. The van der Waals surface area contributed by atoms with Crippen LogP contribution in [-0.2, 0) is 6.42 Å². The Balaban J connectivity index is 1.58. The maximum Gasteiger partial charge on any atom is 0.0352 e. The van der Waals surface area contributed by atoms with Gasteiger partial charge in [0.1, 0.15) is 0 Å². The van der Waals surface area contributed by atoms with Crippen molar-refractivity contribution < 1.29 is 0 Å². The number of rotatable bonds is 10. The first-order valence-corrected chi connectivity index (χ1v) is 14.9. The number of benzene rings is 2. The molecule has 3 heteroatoms. The van der Waals surface area contributed by atoms with E-state index in [2.05, 4.69) is 107 Å². The molecule has 0 amide bonds. The van der Waals surface area contributed by atoms with E-state index in [-0.39, 0.29) is 0 Å². The highest BCUT2D eigenvalue weighted by Crippen LogP contribution is 2.37. The van der Waals surface area contributed by atoms with Gasteiger partial charge in [-0.15, -0.1) is 6.42 Å². The highest BCUT2D eigenvalue weighted by atomic mass is 14.6. The Morgan fingerprint density at radius 3 is 2.07 bits per heavy atom. The highest BCUT2D eigenvalue weighted by Gasteiger charge is 2.13. The monoisotopic (exact) mass is 581 g/mol. The summed E-state index contributed by atoms with van der Waals surface area (Å²) in [4.78, 5) is 13.0. The summed E-state index contributed by atoms with van der Waals surface area (Å²) < 4.78 is 0. The number of pyridine rings is 3. The zero-order valence-electron chi connectivity index (χ0n) is 25.7. The van der Waals surface area contributed by atoms with E-state index in [1.165, 1.54) is 16.7 Å². The number of hydrogen-bond acceptors (Lipinski definition) is 3. The van der Waals surface area contributed by atoms with Crippen LogP contribution in [0.25, 0.3) is 39.0 Å². The molecule has 5 aromatic rings. The van der Waals surface area contributed by atoms with E-state index in [1.54, 1.807) is 30.9 Å². The van der Waals surface area contributed by atoms with Crippen molar-refractivity contribution in [2.24, 2.45) is 0 Å². The minimum atomic E-state index is 0.723. The van der Waals surface area contributed by atoms with Crippen molar-refractivity contribution in [1.82, 2.24) is 15.0 Å². The standard InChI is InChI=1S/C42H35N3/c1-5-8-14-33(6-2)35(25-34(7-3)37-16-10-21-43-28-37)20-19-32-13-9-15-36(24-32)41-26-40(38-17-11-22-44-29-38)27-42(31(41)4)39-18-12-23-45-30-39/h3,5-6,8-18,20-30H,1,19H2,2,4H3/b14-8-,33-6-,34-25+,35-20+. The molecule has 0 saturated carbocycles. The molecular weight excluding hydrogens is 546 g/mol. The van der Waals surface area contributed by atoms with Crippen LogP contribution in [0, 0.1) is 19.3 Å². The van der Waals surface area contributed by atoms with Gasteiger partial charge in [0.25, 0.3) is 0 Å². The van der Waals surface area contributed by atoms with Crippen molar-refractivity contribution in [3.63, 3.8) is 0 Å². The Hall–Kier alpha value is -5.85. The molecule has 3 heterocycles. The summed E-state index contributed by atoms with van der Waals surface area (Å²) in [5.41, 5.74) is 12.9. The van der Waals surface area contributed by atoms with Gasteiger partial charge in [-0.3, -0.25) is 15.0 Å². The molecule has 0 saturated heterocycles. The molecule has 3 aromatic heterocycles. The minimum Gasteiger partial charge on any atom is -0.264 e. The molecule has 5 rings (SSSR count). The van der Waals surface area contributed by atoms with Gasteiger partial charge < -0.3 is 0 Å². The van der Waals surface area contributed by atoms with Gasteiger partial charge >= 0.3 is 0 Å². The largest absolute Gasteiger partial charge is 0.264 e. The van der Waals surface area contributed by atoms with E-state index in [9.17, 15) is 0 Å². The Bertz CT molecular complexity index is 1940. The van der Waals surface area contributed by atoms with Gasteiger partial charge in [-0.1, -0.05) is 85.3 Å². The van der Waals surface area contributed by atoms with E-state index in [0.717, 1.165) is 56.5 Å². The molecule has 0 N–H and O–H groups in total. The van der Waals surface area contributed by atoms with Crippen molar-refractivity contribution in [2.45, 2.75) is 20.3 Å². The predicted molar refractivity (Wildman–Crippen MR) is 189 cm³/mol. The molecule has 0 aliphatic rings. The zero-order chi connectivity index (χ0) is 31.4. The molecule has 0 unspecified atom stereocenters. The molecule has 0 bridgehead atoms. The fourth-order valence-electron chi connectivity index (χ4n) is 5.31. The Labute approximate surface area is 266 Å². The quantitative estimate of drug-likeness (QED) is 0.122. The molecular formula is C42H35N3. The van der Waals surface area contributed by atoms with Crippen LogP contribution in [-0.4, -0.2) is 15.0 Å². The van der Waals surface area contributed by atoms with Crippen molar-refractivity contribution >= 4 is 5.57 Å². The highest BCUT2D eigenvalue weighted by molar-refractivity contribution is 5.85. The number of nitrogens with zero attached hydrogens (tertiary/aromatic N) is 3. The fourth-order valence-corrected chi connectivity index (χ4v) is 5.31. The maximum absolute atomic E-state index is 5.97. The molecule has 218 valence electrons. The van der Waals surface area contributed by atoms with Crippen LogP contribution < -0.4 is 0 Å². The average Bonchev–Trinajstić information content (AvgIpc) is 3.10. The molecule has 0 spiro atoms. The first-order valence-electron chi connectivity index (χ1n) is 14.9. The maximum atomic E-state index is 5.97. The van der Waals surface area contributed by atoms with E-state index in [0.29, 0.717) is 0 Å². The third-order valence-corrected chi connectivity index (χ3v) is 7.65. The first-order chi connectivity index (χ1) is 22.1. The van der Waals surface area contributed by atoms with Gasteiger partial charge in [-0.05, 0) is 101 Å². The van der Waals surface area contributed by atoms with E-state index < -0.39 is 0 Å². The zero-order valence-corrected chi connectivity index (χ0v) is 25.7. The molecule has 0 aliphatic carbocycles. The first kappa shape index (κ1) is 30.6. The topological polar surface area (TPSA) is 38.7 Å². The third kappa shape index (κ3) is 7.57. The Morgan fingerprint density at radius 1 is 0.778 bits per heavy atom. The summed E-state index contributed by atoms with van der Waals surface area (Å²) >= 11 is 0. The van der Waals surface area contributed by atoms with Crippen LogP contribution in [0.4, 0.5) is 0 Å². The SMILES string of the molecule is C#C\C(=C/C(=C\Cc1cccc(-c2cc(-c3cccnc3)cc(-c3cccnc3)c2C)c1)C(/C=C\C=C)=C\C)c1cccnc1. The van der Waals surface area contributed by atoms with Crippen molar-refractivity contribution in [3.05, 3.63) is 181 Å². The predicted octanol–water partition coefficient (Wildman–Crippen LogP) is 10.1. The van der Waals surface area contributed by atoms with Crippen molar-refractivity contribution in [2.75, 3.05) is 0 Å². The van der Waals surface area contributed by atoms with Gasteiger partial charge in [0.2, 0.25) is 0 Å². The van der Waals surface area contributed by atoms with Crippen LogP contribution in [0.5, 0.6) is 0 Å². The molecule has 0 aliphatic heterocycles. The van der Waals surface area contributed by atoms with Crippen LogP contribution in [0.1, 0.15) is 23.6 Å².